The smallest absolute Gasteiger partial charge is 0.406 e. The van der Waals surface area contributed by atoms with E-state index in [-0.39, 0.29) is 17.8 Å². The molecule has 0 bridgehead atoms. The molecule has 3 aromatic rings. The number of amides is 1. The highest BCUT2D eigenvalue weighted by molar-refractivity contribution is 6.00. The molecular formula is C25H21F7N4O2. The summed E-state index contributed by atoms with van der Waals surface area (Å²) in [4.78, 5) is 21.7. The Balaban J connectivity index is 1.66. The molecule has 0 aliphatic carbocycles. The molecule has 1 saturated heterocycles. The normalized spacial score (nSPS) is 18.7. The largest absolute Gasteiger partial charge is 0.573 e. The van der Waals surface area contributed by atoms with Gasteiger partial charge in [0.25, 0.3) is 0 Å². The maximum absolute atomic E-state index is 14.0. The van der Waals surface area contributed by atoms with Crippen molar-refractivity contribution in [3.63, 3.8) is 0 Å². The van der Waals surface area contributed by atoms with E-state index in [4.69, 9.17) is 0 Å². The van der Waals surface area contributed by atoms with Gasteiger partial charge in [0.1, 0.15) is 11.6 Å². The summed E-state index contributed by atoms with van der Waals surface area (Å²) in [7, 11) is 0. The number of anilines is 1. The van der Waals surface area contributed by atoms with Gasteiger partial charge in [-0.15, -0.1) is 13.2 Å². The topological polar surface area (TPSA) is 67.3 Å². The molecule has 1 aliphatic heterocycles. The number of aromatic nitrogens is 2. The maximum Gasteiger partial charge on any atom is 0.573 e. The first-order valence-corrected chi connectivity index (χ1v) is 11.3. The molecule has 0 unspecified atom stereocenters. The van der Waals surface area contributed by atoms with Gasteiger partial charge in [-0.05, 0) is 68.3 Å². The van der Waals surface area contributed by atoms with Gasteiger partial charge in [0.2, 0.25) is 11.7 Å². The minimum absolute atomic E-state index is 0.0120. The van der Waals surface area contributed by atoms with E-state index >= 15 is 0 Å². The van der Waals surface area contributed by atoms with Crippen LogP contribution < -0.4 is 15.0 Å². The first-order chi connectivity index (χ1) is 17.6. The van der Waals surface area contributed by atoms with Crippen molar-refractivity contribution in [3.8, 4) is 5.75 Å². The first kappa shape index (κ1) is 27.3. The van der Waals surface area contributed by atoms with Crippen LogP contribution in [0.15, 0.2) is 60.8 Å². The summed E-state index contributed by atoms with van der Waals surface area (Å²) in [6.45, 7) is 3.10. The van der Waals surface area contributed by atoms with Crippen molar-refractivity contribution in [2.75, 3.05) is 4.90 Å². The van der Waals surface area contributed by atoms with Gasteiger partial charge in [0, 0.05) is 11.9 Å². The number of carbonyl (C=O) groups excluding carboxylic acids is 1. The number of rotatable bonds is 6. The van der Waals surface area contributed by atoms with Gasteiger partial charge in [0.05, 0.1) is 23.3 Å². The van der Waals surface area contributed by atoms with Crippen molar-refractivity contribution in [1.29, 1.82) is 0 Å². The Hall–Kier alpha value is -3.74. The Morgan fingerprint density at radius 2 is 1.68 bits per heavy atom. The van der Waals surface area contributed by atoms with Gasteiger partial charge in [0.15, 0.2) is 0 Å². The molecule has 0 radical (unpaired) electrons. The highest BCUT2D eigenvalue weighted by Gasteiger charge is 2.44. The number of nitrogens with one attached hydrogen (secondary N) is 1. The Morgan fingerprint density at radius 3 is 2.29 bits per heavy atom. The molecule has 4 rings (SSSR count). The van der Waals surface area contributed by atoms with E-state index in [0.717, 1.165) is 18.3 Å². The van der Waals surface area contributed by atoms with E-state index in [1.165, 1.54) is 41.3 Å². The van der Waals surface area contributed by atoms with Gasteiger partial charge in [-0.25, -0.2) is 14.4 Å². The third-order valence-corrected chi connectivity index (χ3v) is 5.97. The molecule has 2 aromatic carbocycles. The summed E-state index contributed by atoms with van der Waals surface area (Å²) >= 11 is 0. The van der Waals surface area contributed by atoms with Crippen molar-refractivity contribution in [3.05, 3.63) is 83.7 Å². The molecule has 38 heavy (non-hydrogen) atoms. The SMILES string of the molecule is CC(C)(N[C@@H]1C[C@H](c2cccc(F)c2)N(c2ccc(OC(F)(F)F)cc2)C1=O)c1ccnc(C(F)(F)F)n1. The number of halogens is 7. The lowest BCUT2D eigenvalue weighted by Gasteiger charge is -2.29. The zero-order valence-corrected chi connectivity index (χ0v) is 19.9. The summed E-state index contributed by atoms with van der Waals surface area (Å²) in [5.41, 5.74) is -0.585. The van der Waals surface area contributed by atoms with Gasteiger partial charge >= 0.3 is 12.5 Å². The van der Waals surface area contributed by atoms with Crippen LogP contribution in [0.3, 0.4) is 0 Å². The standard InChI is InChI=1S/C25H21F7N4O2/c1-23(2,20-10-11-33-22(34-20)24(27,28)29)35-18-13-19(14-4-3-5-15(26)12-14)36(21(18)37)16-6-8-17(9-7-16)38-25(30,31)32/h3-12,18-19,35H,13H2,1-2H3/t18-,19-/m1/s1. The van der Waals surface area contributed by atoms with Crippen LogP contribution in [-0.4, -0.2) is 28.3 Å². The van der Waals surface area contributed by atoms with Crippen LogP contribution in [0.5, 0.6) is 5.75 Å². The second kappa shape index (κ2) is 9.86. The van der Waals surface area contributed by atoms with E-state index in [2.05, 4.69) is 20.0 Å². The van der Waals surface area contributed by atoms with Crippen LogP contribution in [-0.2, 0) is 16.5 Å². The zero-order valence-electron chi connectivity index (χ0n) is 19.9. The number of hydrogen-bond acceptors (Lipinski definition) is 5. The lowest BCUT2D eigenvalue weighted by Crippen LogP contribution is -2.48. The molecule has 2 atom stereocenters. The summed E-state index contributed by atoms with van der Waals surface area (Å²) in [5, 5.41) is 3.04. The number of carbonyl (C=O) groups is 1. The Kier molecular flexibility index (Phi) is 7.08. The third-order valence-electron chi connectivity index (χ3n) is 5.97. The van der Waals surface area contributed by atoms with E-state index in [1.54, 1.807) is 19.9 Å². The van der Waals surface area contributed by atoms with Crippen LogP contribution in [0.25, 0.3) is 0 Å². The van der Waals surface area contributed by atoms with Crippen LogP contribution in [0.1, 0.15) is 43.4 Å². The Morgan fingerprint density at radius 1 is 1.00 bits per heavy atom. The molecule has 0 spiro atoms. The van der Waals surface area contributed by atoms with Gasteiger partial charge in [-0.1, -0.05) is 12.1 Å². The number of nitrogens with zero attached hydrogens (tertiary/aromatic N) is 3. The molecule has 1 aromatic heterocycles. The van der Waals surface area contributed by atoms with Crippen molar-refractivity contribution in [1.82, 2.24) is 15.3 Å². The summed E-state index contributed by atoms with van der Waals surface area (Å²) < 4.78 is 95.0. The number of ether oxygens (including phenoxy) is 1. The average molecular weight is 542 g/mol. The minimum atomic E-state index is -4.90. The fourth-order valence-electron chi connectivity index (χ4n) is 4.34. The molecule has 13 heteroatoms. The van der Waals surface area contributed by atoms with Crippen molar-refractivity contribution in [2.45, 2.75) is 50.4 Å². The molecule has 1 fully saturated rings. The molecule has 2 heterocycles. The lowest BCUT2D eigenvalue weighted by atomic mass is 9.96. The van der Waals surface area contributed by atoms with Gasteiger partial charge < -0.3 is 9.64 Å². The summed E-state index contributed by atoms with van der Waals surface area (Å²) in [6.07, 6.45) is -8.61. The molecular weight excluding hydrogens is 521 g/mol. The zero-order chi connectivity index (χ0) is 27.9. The number of hydrogen-bond donors (Lipinski definition) is 1. The molecule has 6 nitrogen and oxygen atoms in total. The van der Waals surface area contributed by atoms with Crippen LogP contribution in [0.2, 0.25) is 0 Å². The molecule has 0 saturated carbocycles. The fraction of sp³-hybridized carbons (Fsp3) is 0.320. The molecule has 1 amide bonds. The second-order valence-corrected chi connectivity index (χ2v) is 9.14. The fourth-order valence-corrected chi connectivity index (χ4v) is 4.34. The summed E-state index contributed by atoms with van der Waals surface area (Å²) in [6, 6.07) is 9.75. The molecule has 1 aliphatic rings. The van der Waals surface area contributed by atoms with Crippen LogP contribution >= 0.6 is 0 Å². The van der Waals surface area contributed by atoms with Gasteiger partial charge in [-0.3, -0.25) is 10.1 Å². The van der Waals surface area contributed by atoms with E-state index in [1.807, 2.05) is 0 Å². The van der Waals surface area contributed by atoms with Crippen molar-refractivity contribution < 1.29 is 40.3 Å². The molecule has 202 valence electrons. The predicted molar refractivity (Wildman–Crippen MR) is 121 cm³/mol. The van der Waals surface area contributed by atoms with Gasteiger partial charge in [-0.2, -0.15) is 13.2 Å². The Bertz CT molecular complexity index is 1310. The highest BCUT2D eigenvalue weighted by atomic mass is 19.4. The summed E-state index contributed by atoms with van der Waals surface area (Å²) in [5.74, 6) is -2.89. The first-order valence-electron chi connectivity index (χ1n) is 11.3. The van der Waals surface area contributed by atoms with E-state index < -0.39 is 53.5 Å². The quantitative estimate of drug-likeness (QED) is 0.393. The Labute approximate surface area is 212 Å². The minimum Gasteiger partial charge on any atom is -0.406 e. The number of alkyl halides is 6. The van der Waals surface area contributed by atoms with Crippen LogP contribution in [0, 0.1) is 5.82 Å². The second-order valence-electron chi connectivity index (χ2n) is 9.14. The maximum atomic E-state index is 14.0. The lowest BCUT2D eigenvalue weighted by molar-refractivity contribution is -0.274. The molecule has 1 N–H and O–H groups in total. The predicted octanol–water partition coefficient (Wildman–Crippen LogP) is 5.90. The van der Waals surface area contributed by atoms with Crippen molar-refractivity contribution >= 4 is 11.6 Å². The van der Waals surface area contributed by atoms with Crippen molar-refractivity contribution in [2.24, 2.45) is 0 Å². The van der Waals surface area contributed by atoms with Crippen LogP contribution in [0.4, 0.5) is 36.4 Å². The third kappa shape index (κ3) is 6.04. The van der Waals surface area contributed by atoms with E-state index in [9.17, 15) is 35.5 Å². The average Bonchev–Trinajstić information content (AvgIpc) is 3.13. The van der Waals surface area contributed by atoms with E-state index in [0.29, 0.717) is 5.56 Å². The monoisotopic (exact) mass is 542 g/mol. The highest BCUT2D eigenvalue weighted by Crippen LogP contribution is 2.39. The number of benzene rings is 2.